The molecule has 1 amide bonds. The quantitative estimate of drug-likeness (QED) is 0.0260. The fourth-order valence-corrected chi connectivity index (χ4v) is 9.03. The van der Waals surface area contributed by atoms with Crippen molar-refractivity contribution in [2.75, 3.05) is 19.5 Å². The molecule has 8 rings (SSSR count). The molecule has 0 aliphatic rings. The summed E-state index contributed by atoms with van der Waals surface area (Å²) in [5, 5.41) is 58.9. The summed E-state index contributed by atoms with van der Waals surface area (Å²) in [6.07, 6.45) is 0.731. The molecule has 23 heteroatoms. The number of phenols is 1. The van der Waals surface area contributed by atoms with Crippen LogP contribution in [0.1, 0.15) is 40.9 Å². The number of methoxy groups -OCH3 is 2. The largest absolute Gasteiger partial charge is 2.00 e. The van der Waals surface area contributed by atoms with Crippen LogP contribution in [0.25, 0.3) is 21.5 Å². The van der Waals surface area contributed by atoms with E-state index in [1.165, 1.54) is 38.5 Å². The van der Waals surface area contributed by atoms with Crippen LogP contribution in [0.2, 0.25) is 10.0 Å². The molecule has 0 heterocycles. The molecule has 0 aliphatic carbocycles. The van der Waals surface area contributed by atoms with Crippen LogP contribution in [0.4, 0.5) is 34.1 Å². The third kappa shape index (κ3) is 13.7. The van der Waals surface area contributed by atoms with Gasteiger partial charge in [-0.3, -0.25) is 18.9 Å². The summed E-state index contributed by atoms with van der Waals surface area (Å²) >= 11 is 12.7. The Morgan fingerprint density at radius 2 is 1.11 bits per heavy atom. The zero-order valence-corrected chi connectivity index (χ0v) is 47.7. The van der Waals surface area contributed by atoms with Crippen molar-refractivity contribution >= 4 is 160 Å². The molecule has 0 atom stereocenters. The number of aryl methyl sites for hydroxylation is 2. The second kappa shape index (κ2) is 25.0. The topological polar surface area (TPSA) is 284 Å². The van der Waals surface area contributed by atoms with Gasteiger partial charge in [-0.15, -0.1) is 15.3 Å². The van der Waals surface area contributed by atoms with Crippen molar-refractivity contribution in [1.29, 1.82) is 0 Å². The first-order chi connectivity index (χ1) is 35.2. The van der Waals surface area contributed by atoms with Crippen LogP contribution in [-0.2, 0) is 33.1 Å². The van der Waals surface area contributed by atoms with E-state index in [4.69, 9.17) is 32.7 Å². The molecule has 0 spiro atoms. The van der Waals surface area contributed by atoms with Gasteiger partial charge in [0.2, 0.25) is 0 Å². The average Bonchev–Trinajstić information content (AvgIpc) is 3.38. The predicted molar refractivity (Wildman–Crippen MR) is 285 cm³/mol. The summed E-state index contributed by atoms with van der Waals surface area (Å²) in [6, 6.07) is 34.6. The first kappa shape index (κ1) is 57.9. The van der Waals surface area contributed by atoms with Gasteiger partial charge in [0.05, 0.1) is 51.0 Å². The number of azo groups is 2. The van der Waals surface area contributed by atoms with Gasteiger partial charge >= 0.3 is 48.9 Å². The number of hydrogen-bond donors (Lipinski definition) is 4. The van der Waals surface area contributed by atoms with Crippen LogP contribution in [0.5, 0.6) is 23.0 Å². The smallest absolute Gasteiger partial charge is 0.871 e. The number of aromatic hydroxyl groups is 1. The number of benzene rings is 8. The van der Waals surface area contributed by atoms with Gasteiger partial charge in [0, 0.05) is 28.6 Å². The van der Waals surface area contributed by atoms with E-state index >= 15 is 0 Å². The molecule has 380 valence electrons. The van der Waals surface area contributed by atoms with Crippen LogP contribution in [0, 0.1) is 0 Å². The minimum absolute atomic E-state index is 0. The second-order valence-corrected chi connectivity index (χ2v) is 19.5. The second-order valence-electron chi connectivity index (χ2n) is 15.9. The number of aliphatic imine (C=N–C) groups is 1. The number of halogens is 2. The Morgan fingerprint density at radius 1 is 0.627 bits per heavy atom. The van der Waals surface area contributed by atoms with E-state index in [1.807, 2.05) is 0 Å². The van der Waals surface area contributed by atoms with E-state index in [0.29, 0.717) is 68.4 Å². The number of carbonyl (C=O) groups excluding carboxylic acids is 1. The van der Waals surface area contributed by atoms with Crippen LogP contribution < -0.4 is 25.0 Å². The van der Waals surface area contributed by atoms with Gasteiger partial charge in [-0.2, -0.15) is 21.9 Å². The summed E-state index contributed by atoms with van der Waals surface area (Å²) in [5.41, 5.74) is 1.10. The summed E-state index contributed by atoms with van der Waals surface area (Å²) in [7, 11) is -6.07. The van der Waals surface area contributed by atoms with Gasteiger partial charge in [-0.05, 0) is 107 Å². The number of nitrogens with one attached hydrogen (secondary N) is 1. The maximum absolute atomic E-state index is 13.4. The normalized spacial score (nSPS) is 11.9. The molecule has 0 saturated heterocycles. The first-order valence-corrected chi connectivity index (χ1v) is 25.6. The third-order valence-corrected chi connectivity index (χ3v) is 13.7. The fourth-order valence-electron chi connectivity index (χ4n) is 7.36. The minimum Gasteiger partial charge on any atom is -0.871 e. The van der Waals surface area contributed by atoms with Crippen LogP contribution in [0.15, 0.2) is 169 Å². The zero-order chi connectivity index (χ0) is 53.5. The van der Waals surface area contributed by atoms with E-state index < -0.39 is 48.4 Å². The number of amides is 1. The van der Waals surface area contributed by atoms with Crippen molar-refractivity contribution in [1.82, 2.24) is 0 Å². The first-order valence-electron chi connectivity index (χ1n) is 22.0. The Bertz CT molecular complexity index is 3830. The van der Waals surface area contributed by atoms with Gasteiger partial charge in [0.15, 0.2) is 5.75 Å². The molecule has 0 unspecified atom stereocenters. The maximum Gasteiger partial charge on any atom is 2.00 e. The molecular formula is C52H42BaCl2N6O12S2. The summed E-state index contributed by atoms with van der Waals surface area (Å²) < 4.78 is 76.2. The average molecular weight is 1220 g/mol. The molecule has 8 aromatic carbocycles. The number of rotatable bonds is 14. The van der Waals surface area contributed by atoms with Crippen molar-refractivity contribution in [2.24, 2.45) is 25.4 Å². The van der Waals surface area contributed by atoms with Crippen molar-refractivity contribution in [3.05, 3.63) is 166 Å². The maximum atomic E-state index is 13.4. The van der Waals surface area contributed by atoms with E-state index in [9.17, 15) is 46.1 Å². The molecule has 75 heavy (non-hydrogen) atoms. The molecule has 0 fully saturated rings. The van der Waals surface area contributed by atoms with Crippen LogP contribution >= 0.6 is 23.2 Å². The number of hydrogen-bond acceptors (Lipinski definition) is 15. The minimum atomic E-state index is -4.54. The van der Waals surface area contributed by atoms with Gasteiger partial charge in [-0.1, -0.05) is 103 Å². The van der Waals surface area contributed by atoms with Crippen LogP contribution in [0.3, 0.4) is 0 Å². The number of carbonyl (C=O) groups is 1. The Kier molecular flexibility index (Phi) is 19.3. The SMILES string of the molecule is CCc1cc(S(=O)(=O)O)cc(N=Nc2c(O)c(C(=O)Nc3cccc(OC)c3)cc3ccccc23)c1Cl.CCc1cc(S(=O)(=O)O)cc(N=Nc2c([O-])c(C([O-])=Nc3cccc(OC)c3)cc3ccccc23)c1Cl.[Ba+2]. The molecule has 18 nitrogen and oxygen atoms in total. The van der Waals surface area contributed by atoms with Crippen molar-refractivity contribution in [2.45, 2.75) is 36.5 Å². The van der Waals surface area contributed by atoms with Crippen molar-refractivity contribution < 1.29 is 55.5 Å². The number of phenolic OH excluding ortho intramolecular Hbond substituents is 1. The monoisotopic (exact) mass is 1210 g/mol. The molecule has 8 aromatic rings. The standard InChI is InChI=1S/2C26H22ClN3O6S.Ba/c2*1-3-15-11-19(37(33,34)35)14-22(23(15)27)29-30-24-20-10-5-4-7-16(20)12-21(25(24)31)26(32)28-17-8-6-9-18(13-17)36-2;/h2*4-14,31H,3H2,1-2H3,(H,28,32)(H,33,34,35);/q;;+2/p-2. The summed E-state index contributed by atoms with van der Waals surface area (Å²) in [4.78, 5) is 16.3. The number of fused-ring (bicyclic) bond motifs is 2. The Morgan fingerprint density at radius 3 is 1.63 bits per heavy atom. The zero-order valence-electron chi connectivity index (χ0n) is 40.1. The van der Waals surface area contributed by atoms with Gasteiger partial charge in [0.1, 0.15) is 28.6 Å². The van der Waals surface area contributed by atoms with Gasteiger partial charge in [-0.25, -0.2) is 0 Å². The Labute approximate surface area is 481 Å². The Hall–Kier alpha value is -6.41. The number of anilines is 1. The molecule has 0 aromatic heterocycles. The fraction of sp³-hybridized carbons (Fsp3) is 0.115. The summed E-state index contributed by atoms with van der Waals surface area (Å²) in [5.74, 6) is -1.46. The van der Waals surface area contributed by atoms with E-state index in [1.54, 1.807) is 111 Å². The number of ether oxygens (including phenoxy) is 2. The van der Waals surface area contributed by atoms with Gasteiger partial charge < -0.3 is 30.1 Å². The van der Waals surface area contributed by atoms with E-state index in [2.05, 4.69) is 30.8 Å². The Balaban J connectivity index is 0.000000241. The van der Waals surface area contributed by atoms with E-state index in [0.717, 1.165) is 12.1 Å². The molecular weight excluding hydrogens is 1170 g/mol. The number of nitrogens with zero attached hydrogens (tertiary/aromatic N) is 5. The van der Waals surface area contributed by atoms with E-state index in [-0.39, 0.29) is 97.7 Å². The molecule has 0 saturated carbocycles. The molecule has 0 bridgehead atoms. The van der Waals surface area contributed by atoms with Crippen molar-refractivity contribution in [3.8, 4) is 23.0 Å². The summed E-state index contributed by atoms with van der Waals surface area (Å²) in [6.45, 7) is 3.51. The van der Waals surface area contributed by atoms with Crippen LogP contribution in [-0.4, -0.2) is 106 Å². The molecule has 0 radical (unpaired) electrons. The molecule has 0 aliphatic heterocycles. The molecule has 4 N–H and O–H groups in total. The van der Waals surface area contributed by atoms with Gasteiger partial charge in [0.25, 0.3) is 26.1 Å². The predicted octanol–water partition coefficient (Wildman–Crippen LogP) is 11.5. The third-order valence-electron chi connectivity index (χ3n) is 11.1. The van der Waals surface area contributed by atoms with Crippen molar-refractivity contribution in [3.63, 3.8) is 0 Å².